The summed E-state index contributed by atoms with van der Waals surface area (Å²) in [5.74, 6) is -0.537. The molecule has 0 saturated carbocycles. The van der Waals surface area contributed by atoms with E-state index in [4.69, 9.17) is 9.84 Å². The predicted molar refractivity (Wildman–Crippen MR) is 56.9 cm³/mol. The number of benzene rings is 1. The zero-order valence-corrected chi connectivity index (χ0v) is 8.42. The molecule has 1 aromatic rings. The van der Waals surface area contributed by atoms with E-state index in [0.717, 1.165) is 0 Å². The lowest BCUT2D eigenvalue weighted by molar-refractivity contribution is -0.113. The number of carbonyl (C=O) groups is 2. The SMILES string of the molecule is O=CC1CC=C(c2ccccc2C(=O)O)O1. The fraction of sp³-hybridized carbons (Fsp3) is 0.167. The molecule has 1 heterocycles. The number of rotatable bonds is 3. The molecule has 0 radical (unpaired) electrons. The van der Waals surface area contributed by atoms with E-state index in [1.54, 1.807) is 24.3 Å². The maximum Gasteiger partial charge on any atom is 0.336 e. The Morgan fingerprint density at radius 3 is 2.81 bits per heavy atom. The standard InChI is InChI=1S/C12H10O4/c13-7-8-5-6-11(16-8)9-3-1-2-4-10(9)12(14)15/h1-4,6-8H,5H2,(H,14,15). The summed E-state index contributed by atoms with van der Waals surface area (Å²) >= 11 is 0. The third-order valence-corrected chi connectivity index (χ3v) is 2.39. The van der Waals surface area contributed by atoms with Crippen molar-refractivity contribution >= 4 is 18.0 Å². The summed E-state index contributed by atoms with van der Waals surface area (Å²) in [6.07, 6.45) is 2.46. The third kappa shape index (κ3) is 1.82. The van der Waals surface area contributed by atoms with Gasteiger partial charge in [-0.05, 0) is 12.1 Å². The van der Waals surface area contributed by atoms with Gasteiger partial charge in [-0.15, -0.1) is 0 Å². The number of aldehydes is 1. The van der Waals surface area contributed by atoms with E-state index in [1.165, 1.54) is 6.07 Å². The van der Waals surface area contributed by atoms with Crippen LogP contribution in [-0.4, -0.2) is 23.5 Å². The van der Waals surface area contributed by atoms with Gasteiger partial charge in [-0.1, -0.05) is 18.2 Å². The quantitative estimate of drug-likeness (QED) is 0.784. The minimum Gasteiger partial charge on any atom is -0.482 e. The monoisotopic (exact) mass is 218 g/mol. The second-order valence-electron chi connectivity index (χ2n) is 3.45. The Labute approximate surface area is 92.2 Å². The average Bonchev–Trinajstić information content (AvgIpc) is 2.77. The molecule has 1 aliphatic rings. The molecule has 1 unspecified atom stereocenters. The minimum absolute atomic E-state index is 0.181. The normalized spacial score (nSPS) is 18.8. The first-order chi connectivity index (χ1) is 7.72. The molecule has 0 fully saturated rings. The van der Waals surface area contributed by atoms with Crippen LogP contribution in [0.3, 0.4) is 0 Å². The Kier molecular flexibility index (Phi) is 2.72. The van der Waals surface area contributed by atoms with Crippen molar-refractivity contribution in [2.75, 3.05) is 0 Å². The van der Waals surface area contributed by atoms with E-state index in [0.29, 0.717) is 24.0 Å². The van der Waals surface area contributed by atoms with Crippen molar-refractivity contribution in [1.82, 2.24) is 0 Å². The van der Waals surface area contributed by atoms with Gasteiger partial charge >= 0.3 is 5.97 Å². The van der Waals surface area contributed by atoms with Crippen molar-refractivity contribution in [2.45, 2.75) is 12.5 Å². The first kappa shape index (κ1) is 10.4. The predicted octanol–water partition coefficient (Wildman–Crippen LogP) is 1.71. The zero-order valence-electron chi connectivity index (χ0n) is 8.42. The van der Waals surface area contributed by atoms with Gasteiger partial charge in [0.1, 0.15) is 5.76 Å². The van der Waals surface area contributed by atoms with Crippen LogP contribution in [0.4, 0.5) is 0 Å². The van der Waals surface area contributed by atoms with Crippen LogP contribution in [-0.2, 0) is 9.53 Å². The van der Waals surface area contributed by atoms with Gasteiger partial charge in [-0.3, -0.25) is 4.79 Å². The largest absolute Gasteiger partial charge is 0.482 e. The summed E-state index contributed by atoms with van der Waals surface area (Å²) in [5, 5.41) is 9.00. The molecule has 82 valence electrons. The molecule has 4 heteroatoms. The van der Waals surface area contributed by atoms with Gasteiger partial charge in [0, 0.05) is 12.0 Å². The van der Waals surface area contributed by atoms with Crippen LogP contribution in [0.1, 0.15) is 22.3 Å². The summed E-state index contributed by atoms with van der Waals surface area (Å²) in [4.78, 5) is 21.5. The highest BCUT2D eigenvalue weighted by Gasteiger charge is 2.21. The van der Waals surface area contributed by atoms with Gasteiger partial charge in [0.15, 0.2) is 12.4 Å². The smallest absolute Gasteiger partial charge is 0.336 e. The number of aromatic carboxylic acids is 1. The molecule has 1 aromatic carbocycles. The number of carbonyl (C=O) groups excluding carboxylic acids is 1. The second kappa shape index (κ2) is 4.18. The summed E-state index contributed by atoms with van der Waals surface area (Å²) < 4.78 is 5.32. The van der Waals surface area contributed by atoms with Crippen molar-refractivity contribution in [1.29, 1.82) is 0 Å². The second-order valence-corrected chi connectivity index (χ2v) is 3.45. The molecular formula is C12H10O4. The van der Waals surface area contributed by atoms with Crippen LogP contribution in [0, 0.1) is 0 Å². The average molecular weight is 218 g/mol. The Morgan fingerprint density at radius 2 is 2.19 bits per heavy atom. The van der Waals surface area contributed by atoms with E-state index in [9.17, 15) is 9.59 Å². The summed E-state index contributed by atoms with van der Waals surface area (Å²) in [6, 6.07) is 6.57. The fourth-order valence-corrected chi connectivity index (χ4v) is 1.62. The molecule has 0 saturated heterocycles. The Hall–Kier alpha value is -2.10. The topological polar surface area (TPSA) is 63.6 Å². The van der Waals surface area contributed by atoms with Crippen molar-refractivity contribution < 1.29 is 19.4 Å². The van der Waals surface area contributed by atoms with Gasteiger partial charge in [0.25, 0.3) is 0 Å². The number of carboxylic acid groups (broad SMARTS) is 1. The highest BCUT2D eigenvalue weighted by atomic mass is 16.5. The minimum atomic E-state index is -1.00. The Balaban J connectivity index is 2.35. The molecule has 0 aliphatic carbocycles. The maximum atomic E-state index is 11.0. The van der Waals surface area contributed by atoms with Crippen LogP contribution >= 0.6 is 0 Å². The molecule has 1 aliphatic heterocycles. The molecule has 0 aromatic heterocycles. The zero-order chi connectivity index (χ0) is 11.5. The van der Waals surface area contributed by atoms with Crippen molar-refractivity contribution in [3.8, 4) is 0 Å². The van der Waals surface area contributed by atoms with E-state index < -0.39 is 12.1 Å². The van der Waals surface area contributed by atoms with E-state index in [2.05, 4.69) is 0 Å². The van der Waals surface area contributed by atoms with Gasteiger partial charge in [0.2, 0.25) is 0 Å². The Bertz CT molecular complexity index is 462. The van der Waals surface area contributed by atoms with Crippen molar-refractivity contribution in [3.05, 3.63) is 41.5 Å². The van der Waals surface area contributed by atoms with Crippen LogP contribution in [0.5, 0.6) is 0 Å². The van der Waals surface area contributed by atoms with Crippen LogP contribution in [0.15, 0.2) is 30.3 Å². The lowest BCUT2D eigenvalue weighted by atomic mass is 10.1. The van der Waals surface area contributed by atoms with E-state index in [1.807, 2.05) is 0 Å². The highest BCUT2D eigenvalue weighted by molar-refractivity contribution is 5.93. The lowest BCUT2D eigenvalue weighted by Gasteiger charge is -2.09. The highest BCUT2D eigenvalue weighted by Crippen LogP contribution is 2.27. The van der Waals surface area contributed by atoms with Crippen molar-refractivity contribution in [3.63, 3.8) is 0 Å². The van der Waals surface area contributed by atoms with Gasteiger partial charge < -0.3 is 9.84 Å². The molecule has 1 atom stereocenters. The van der Waals surface area contributed by atoms with Crippen LogP contribution < -0.4 is 0 Å². The Morgan fingerprint density at radius 1 is 1.44 bits per heavy atom. The number of carboxylic acids is 1. The first-order valence-corrected chi connectivity index (χ1v) is 4.87. The molecule has 16 heavy (non-hydrogen) atoms. The summed E-state index contributed by atoms with van der Waals surface area (Å²) in [6.45, 7) is 0. The molecular weight excluding hydrogens is 208 g/mol. The van der Waals surface area contributed by atoms with Crippen LogP contribution in [0.2, 0.25) is 0 Å². The number of ether oxygens (including phenoxy) is 1. The fourth-order valence-electron chi connectivity index (χ4n) is 1.62. The van der Waals surface area contributed by atoms with E-state index in [-0.39, 0.29) is 5.56 Å². The van der Waals surface area contributed by atoms with Crippen LogP contribution in [0.25, 0.3) is 5.76 Å². The molecule has 0 amide bonds. The third-order valence-electron chi connectivity index (χ3n) is 2.39. The summed E-state index contributed by atoms with van der Waals surface area (Å²) in [5.41, 5.74) is 0.694. The number of hydrogen-bond donors (Lipinski definition) is 1. The van der Waals surface area contributed by atoms with E-state index >= 15 is 0 Å². The molecule has 4 nitrogen and oxygen atoms in total. The molecule has 2 rings (SSSR count). The molecule has 0 bridgehead atoms. The van der Waals surface area contributed by atoms with Gasteiger partial charge in [-0.25, -0.2) is 4.79 Å². The first-order valence-electron chi connectivity index (χ1n) is 4.87. The van der Waals surface area contributed by atoms with Crippen molar-refractivity contribution in [2.24, 2.45) is 0 Å². The molecule has 0 spiro atoms. The van der Waals surface area contributed by atoms with Gasteiger partial charge in [0.05, 0.1) is 5.56 Å². The number of hydrogen-bond acceptors (Lipinski definition) is 3. The summed E-state index contributed by atoms with van der Waals surface area (Å²) in [7, 11) is 0. The maximum absolute atomic E-state index is 11.0. The molecule has 1 N–H and O–H groups in total. The van der Waals surface area contributed by atoms with Gasteiger partial charge in [-0.2, -0.15) is 0 Å². The lowest BCUT2D eigenvalue weighted by Crippen LogP contribution is -2.08.